The van der Waals surface area contributed by atoms with Crippen molar-refractivity contribution >= 4 is 11.7 Å². The van der Waals surface area contributed by atoms with E-state index in [1.165, 1.54) is 0 Å². The number of benzene rings is 1. The van der Waals surface area contributed by atoms with Gasteiger partial charge in [0.05, 0.1) is 0 Å². The molecule has 0 radical (unpaired) electrons. The van der Waals surface area contributed by atoms with E-state index in [-0.39, 0.29) is 36.6 Å². The van der Waals surface area contributed by atoms with Crippen molar-refractivity contribution in [3.05, 3.63) is 35.4 Å². The first-order valence-corrected chi connectivity index (χ1v) is 6.81. The summed E-state index contributed by atoms with van der Waals surface area (Å²) in [6.45, 7) is 6.11. The van der Waals surface area contributed by atoms with Crippen LogP contribution in [0.15, 0.2) is 24.3 Å². The number of hydrogen-bond acceptors (Lipinski definition) is 3. The van der Waals surface area contributed by atoms with Gasteiger partial charge in [-0.15, -0.1) is 0 Å². The molecule has 0 atom stereocenters. The Balaban J connectivity index is 2.37. The largest absolute Gasteiger partial charge is 0.396 e. The van der Waals surface area contributed by atoms with Crippen LogP contribution in [-0.4, -0.2) is 29.9 Å². The first kappa shape index (κ1) is 16.4. The molecular formula is C16H23NO3. The van der Waals surface area contributed by atoms with Gasteiger partial charge in [0.25, 0.3) is 0 Å². The predicted molar refractivity (Wildman–Crippen MR) is 78.6 cm³/mol. The van der Waals surface area contributed by atoms with E-state index < -0.39 is 0 Å². The number of nitrogens with one attached hydrogen (secondary N) is 1. The zero-order valence-corrected chi connectivity index (χ0v) is 12.4. The highest BCUT2D eigenvalue weighted by Crippen LogP contribution is 2.12. The number of ketones is 1. The van der Waals surface area contributed by atoms with Crippen molar-refractivity contribution in [2.24, 2.45) is 5.41 Å². The second-order valence-corrected chi connectivity index (χ2v) is 5.89. The molecule has 110 valence electrons. The lowest BCUT2D eigenvalue weighted by Gasteiger charge is -2.21. The van der Waals surface area contributed by atoms with Crippen molar-refractivity contribution < 1.29 is 14.7 Å². The summed E-state index contributed by atoms with van der Waals surface area (Å²) in [5, 5.41) is 11.8. The molecule has 0 saturated heterocycles. The molecule has 0 heterocycles. The van der Waals surface area contributed by atoms with Crippen molar-refractivity contribution in [2.75, 3.05) is 13.2 Å². The van der Waals surface area contributed by atoms with Gasteiger partial charge in [0.2, 0.25) is 5.91 Å². The third-order valence-electron chi connectivity index (χ3n) is 3.14. The molecule has 0 fully saturated rings. The molecule has 0 aliphatic carbocycles. The van der Waals surface area contributed by atoms with Crippen molar-refractivity contribution in [3.8, 4) is 0 Å². The quantitative estimate of drug-likeness (QED) is 0.750. The first-order valence-electron chi connectivity index (χ1n) is 6.81. The van der Waals surface area contributed by atoms with E-state index in [2.05, 4.69) is 5.32 Å². The van der Waals surface area contributed by atoms with E-state index in [0.717, 1.165) is 5.56 Å². The number of rotatable bonds is 7. The fraction of sp³-hybridized carbons (Fsp3) is 0.500. The Morgan fingerprint density at radius 3 is 2.30 bits per heavy atom. The van der Waals surface area contributed by atoms with Gasteiger partial charge in [0, 0.05) is 37.0 Å². The Morgan fingerprint density at radius 2 is 1.75 bits per heavy atom. The van der Waals surface area contributed by atoms with Crippen LogP contribution in [0, 0.1) is 12.3 Å². The lowest BCUT2D eigenvalue weighted by atomic mass is 9.95. The molecular weight excluding hydrogens is 254 g/mol. The molecule has 0 aromatic heterocycles. The minimum absolute atomic E-state index is 0.00950. The van der Waals surface area contributed by atoms with E-state index in [1.807, 2.05) is 32.9 Å². The van der Waals surface area contributed by atoms with Gasteiger partial charge in [-0.05, 0) is 6.92 Å². The number of aliphatic hydroxyl groups excluding tert-OH is 1. The van der Waals surface area contributed by atoms with E-state index >= 15 is 0 Å². The van der Waals surface area contributed by atoms with Crippen LogP contribution >= 0.6 is 0 Å². The third kappa shape index (κ3) is 5.53. The number of hydrogen-bond donors (Lipinski definition) is 2. The minimum atomic E-state index is -0.337. The van der Waals surface area contributed by atoms with Gasteiger partial charge in [0.1, 0.15) is 0 Å². The minimum Gasteiger partial charge on any atom is -0.396 e. The third-order valence-corrected chi connectivity index (χ3v) is 3.14. The van der Waals surface area contributed by atoms with Crippen LogP contribution in [0.3, 0.4) is 0 Å². The Labute approximate surface area is 120 Å². The topological polar surface area (TPSA) is 66.4 Å². The molecule has 4 nitrogen and oxygen atoms in total. The van der Waals surface area contributed by atoms with Crippen molar-refractivity contribution in [2.45, 2.75) is 33.6 Å². The van der Waals surface area contributed by atoms with Crippen LogP contribution in [0.2, 0.25) is 0 Å². The molecule has 1 aromatic carbocycles. The summed E-state index contributed by atoms with van der Waals surface area (Å²) < 4.78 is 0. The monoisotopic (exact) mass is 277 g/mol. The lowest BCUT2D eigenvalue weighted by molar-refractivity contribution is -0.121. The smallest absolute Gasteiger partial charge is 0.220 e. The van der Waals surface area contributed by atoms with Gasteiger partial charge < -0.3 is 10.4 Å². The number of amides is 1. The molecule has 0 aliphatic rings. The van der Waals surface area contributed by atoms with Crippen LogP contribution in [0.1, 0.15) is 42.6 Å². The standard InChI is InChI=1S/C16H23NO3/c1-12-4-6-13(7-5-12)14(19)8-9-15(20)17-10-16(2,3)11-18/h4-7,18H,8-11H2,1-3H3,(H,17,20). The maximum Gasteiger partial charge on any atom is 0.220 e. The first-order chi connectivity index (χ1) is 9.34. The lowest BCUT2D eigenvalue weighted by Crippen LogP contribution is -2.36. The summed E-state index contributed by atoms with van der Waals surface area (Å²) in [7, 11) is 0. The highest BCUT2D eigenvalue weighted by atomic mass is 16.3. The molecule has 1 amide bonds. The summed E-state index contributed by atoms with van der Waals surface area (Å²) in [6.07, 6.45) is 0.378. The maximum absolute atomic E-state index is 11.9. The van der Waals surface area contributed by atoms with Gasteiger partial charge in [-0.2, -0.15) is 0 Å². The average Bonchev–Trinajstić information content (AvgIpc) is 2.43. The van der Waals surface area contributed by atoms with Crippen LogP contribution in [0.5, 0.6) is 0 Å². The van der Waals surface area contributed by atoms with Crippen molar-refractivity contribution in [3.63, 3.8) is 0 Å². The Bertz CT molecular complexity index is 463. The molecule has 4 heteroatoms. The zero-order chi connectivity index (χ0) is 15.2. The summed E-state index contributed by atoms with van der Waals surface area (Å²) in [6, 6.07) is 7.34. The second kappa shape index (κ2) is 7.20. The molecule has 20 heavy (non-hydrogen) atoms. The highest BCUT2D eigenvalue weighted by Gasteiger charge is 2.17. The SMILES string of the molecule is Cc1ccc(C(=O)CCC(=O)NCC(C)(C)CO)cc1. The number of Topliss-reactive ketones (excluding diaryl/α,β-unsaturated/α-hetero) is 1. The fourth-order valence-electron chi connectivity index (χ4n) is 1.59. The molecule has 0 bridgehead atoms. The summed E-state index contributed by atoms with van der Waals surface area (Å²) >= 11 is 0. The Morgan fingerprint density at radius 1 is 1.15 bits per heavy atom. The van der Waals surface area contributed by atoms with E-state index in [0.29, 0.717) is 12.1 Å². The van der Waals surface area contributed by atoms with Crippen LogP contribution in [0.4, 0.5) is 0 Å². The van der Waals surface area contributed by atoms with E-state index in [9.17, 15) is 9.59 Å². The fourth-order valence-corrected chi connectivity index (χ4v) is 1.59. The van der Waals surface area contributed by atoms with Crippen LogP contribution in [-0.2, 0) is 4.79 Å². The second-order valence-electron chi connectivity index (χ2n) is 5.89. The van der Waals surface area contributed by atoms with Gasteiger partial charge >= 0.3 is 0 Å². The Kier molecular flexibility index (Phi) is 5.89. The molecule has 0 aliphatic heterocycles. The number of aryl methyl sites for hydroxylation is 1. The summed E-state index contributed by atoms with van der Waals surface area (Å²) in [5.41, 5.74) is 1.40. The van der Waals surface area contributed by atoms with E-state index in [1.54, 1.807) is 12.1 Å². The molecule has 0 unspecified atom stereocenters. The molecule has 2 N–H and O–H groups in total. The molecule has 1 aromatic rings. The number of carbonyl (C=O) groups is 2. The van der Waals surface area contributed by atoms with Gasteiger partial charge in [0.15, 0.2) is 5.78 Å². The number of aliphatic hydroxyl groups is 1. The molecule has 0 saturated carbocycles. The van der Waals surface area contributed by atoms with E-state index in [4.69, 9.17) is 5.11 Å². The molecule has 0 spiro atoms. The van der Waals surface area contributed by atoms with Gasteiger partial charge in [-0.25, -0.2) is 0 Å². The highest BCUT2D eigenvalue weighted by molar-refractivity contribution is 5.97. The summed E-state index contributed by atoms with van der Waals surface area (Å²) in [4.78, 5) is 23.5. The number of carbonyl (C=O) groups excluding carboxylic acids is 2. The summed E-state index contributed by atoms with van der Waals surface area (Å²) in [5.74, 6) is -0.187. The average molecular weight is 277 g/mol. The van der Waals surface area contributed by atoms with Crippen LogP contribution in [0.25, 0.3) is 0 Å². The predicted octanol–water partition coefficient (Wildman–Crippen LogP) is 2.09. The Hall–Kier alpha value is -1.68. The van der Waals surface area contributed by atoms with Gasteiger partial charge in [-0.1, -0.05) is 43.7 Å². The zero-order valence-electron chi connectivity index (χ0n) is 12.4. The maximum atomic E-state index is 11.9. The van der Waals surface area contributed by atoms with Crippen molar-refractivity contribution in [1.82, 2.24) is 5.32 Å². The molecule has 1 rings (SSSR count). The van der Waals surface area contributed by atoms with Crippen LogP contribution < -0.4 is 5.32 Å². The van der Waals surface area contributed by atoms with Crippen molar-refractivity contribution in [1.29, 1.82) is 0 Å². The van der Waals surface area contributed by atoms with Gasteiger partial charge in [-0.3, -0.25) is 9.59 Å². The normalized spacial score (nSPS) is 11.2.